The summed E-state index contributed by atoms with van der Waals surface area (Å²) in [6.45, 7) is 2.58. The summed E-state index contributed by atoms with van der Waals surface area (Å²) in [6, 6.07) is 7.85. The third-order valence-electron chi connectivity index (χ3n) is 7.34. The predicted octanol–water partition coefficient (Wildman–Crippen LogP) is 7.16. The summed E-state index contributed by atoms with van der Waals surface area (Å²) in [7, 11) is 1.14. The molecule has 0 spiro atoms. The fraction of sp³-hybridized carbons (Fsp3) is 0.486. The third-order valence-corrected chi connectivity index (χ3v) is 8.00. The van der Waals surface area contributed by atoms with Gasteiger partial charge in [-0.2, -0.15) is 0 Å². The highest BCUT2D eigenvalue weighted by atomic mass is 35.5. The van der Waals surface area contributed by atoms with E-state index in [1.165, 1.54) is 81.8 Å². The number of anilines is 2. The van der Waals surface area contributed by atoms with Crippen molar-refractivity contribution in [3.63, 3.8) is 0 Å². The zero-order valence-electron chi connectivity index (χ0n) is 28.1. The van der Waals surface area contributed by atoms with Gasteiger partial charge in [0.25, 0.3) is 0 Å². The van der Waals surface area contributed by atoms with Crippen molar-refractivity contribution < 1.29 is 47.7 Å². The summed E-state index contributed by atoms with van der Waals surface area (Å²) >= 11 is 12.4. The van der Waals surface area contributed by atoms with Gasteiger partial charge in [-0.25, -0.2) is 19.2 Å². The Hall–Kier alpha value is -4.16. The van der Waals surface area contributed by atoms with Crippen LogP contribution in [0.3, 0.4) is 0 Å². The molecule has 14 heteroatoms. The van der Waals surface area contributed by atoms with Crippen LogP contribution < -0.4 is 10.6 Å². The largest absolute Gasteiger partial charge is 0.466 e. The number of methoxy groups -OCH3 is 1. The lowest BCUT2D eigenvalue weighted by atomic mass is 10.1. The minimum atomic E-state index is -1.29. The predicted molar refractivity (Wildman–Crippen MR) is 185 cm³/mol. The van der Waals surface area contributed by atoms with E-state index in [2.05, 4.69) is 22.3 Å². The summed E-state index contributed by atoms with van der Waals surface area (Å²) < 4.78 is 19.5. The maximum atomic E-state index is 12.9. The normalized spacial score (nSPS) is 11.2. The SMILES string of the molecule is CCCCCCCCCCCCOC(=O)COC(=O)c1ccc(Cl)c(NC(=O)C(C)C(=O)Nc2cc(C(=O)OCC(=O)OC)ccc2Cl)c1. The highest BCUT2D eigenvalue weighted by Crippen LogP contribution is 2.26. The number of carbonyl (C=O) groups excluding carboxylic acids is 6. The van der Waals surface area contributed by atoms with Gasteiger partial charge >= 0.3 is 23.9 Å². The van der Waals surface area contributed by atoms with Crippen LogP contribution in [0.2, 0.25) is 10.0 Å². The first-order valence-corrected chi connectivity index (χ1v) is 17.0. The van der Waals surface area contributed by atoms with E-state index in [1.54, 1.807) is 0 Å². The number of rotatable bonds is 21. The van der Waals surface area contributed by atoms with Gasteiger partial charge in [-0.1, -0.05) is 87.9 Å². The van der Waals surface area contributed by atoms with Crippen LogP contribution in [0, 0.1) is 5.92 Å². The molecule has 1 atom stereocenters. The van der Waals surface area contributed by atoms with Crippen molar-refractivity contribution in [2.75, 3.05) is 37.6 Å². The quantitative estimate of drug-likeness (QED) is 0.0585. The van der Waals surface area contributed by atoms with E-state index in [0.29, 0.717) is 0 Å². The molecule has 2 aromatic carbocycles. The zero-order valence-corrected chi connectivity index (χ0v) is 29.6. The van der Waals surface area contributed by atoms with Crippen molar-refractivity contribution in [3.05, 3.63) is 57.6 Å². The molecule has 0 saturated heterocycles. The fourth-order valence-corrected chi connectivity index (χ4v) is 4.72. The molecule has 2 rings (SSSR count). The number of nitrogens with one attached hydrogen (secondary N) is 2. The molecular weight excluding hydrogens is 679 g/mol. The Balaban J connectivity index is 1.82. The molecule has 0 radical (unpaired) electrons. The first kappa shape index (κ1) is 41.0. The highest BCUT2D eigenvalue weighted by molar-refractivity contribution is 6.34. The first-order valence-electron chi connectivity index (χ1n) is 16.2. The number of ether oxygens (including phenoxy) is 4. The van der Waals surface area contributed by atoms with Crippen LogP contribution in [0.15, 0.2) is 36.4 Å². The van der Waals surface area contributed by atoms with Crippen molar-refractivity contribution in [2.45, 2.75) is 78.1 Å². The number of hydrogen-bond donors (Lipinski definition) is 2. The molecule has 0 bridgehead atoms. The average Bonchev–Trinajstić information content (AvgIpc) is 3.09. The van der Waals surface area contributed by atoms with Gasteiger partial charge in [0.05, 0.1) is 46.3 Å². The topological polar surface area (TPSA) is 163 Å². The monoisotopic (exact) mass is 722 g/mol. The fourth-order valence-electron chi connectivity index (χ4n) is 4.39. The molecule has 12 nitrogen and oxygen atoms in total. The van der Waals surface area contributed by atoms with Crippen molar-refractivity contribution in [2.24, 2.45) is 5.92 Å². The number of esters is 4. The van der Waals surface area contributed by atoms with Gasteiger partial charge in [0.2, 0.25) is 11.8 Å². The van der Waals surface area contributed by atoms with Crippen molar-refractivity contribution in [1.82, 2.24) is 0 Å². The second kappa shape index (κ2) is 22.5. The number of unbranched alkanes of at least 4 members (excludes halogenated alkanes) is 9. The Kier molecular flexibility index (Phi) is 18.8. The molecule has 0 aliphatic carbocycles. The van der Waals surface area contributed by atoms with Gasteiger partial charge in [0, 0.05) is 0 Å². The van der Waals surface area contributed by atoms with E-state index >= 15 is 0 Å². The van der Waals surface area contributed by atoms with Crippen LogP contribution in [-0.4, -0.2) is 62.6 Å². The summed E-state index contributed by atoms with van der Waals surface area (Å²) in [5.41, 5.74) is 0.0295. The minimum Gasteiger partial charge on any atom is -0.466 e. The number of hydrogen-bond acceptors (Lipinski definition) is 10. The summed E-state index contributed by atoms with van der Waals surface area (Å²) in [6.07, 6.45) is 11.5. The zero-order chi connectivity index (χ0) is 36.2. The number of benzene rings is 2. The molecule has 0 aliphatic rings. The Morgan fingerprint density at radius 1 is 0.633 bits per heavy atom. The van der Waals surface area contributed by atoms with Gasteiger partial charge < -0.3 is 29.6 Å². The second-order valence-corrected chi connectivity index (χ2v) is 12.0. The molecule has 0 saturated carbocycles. The Morgan fingerprint density at radius 2 is 1.06 bits per heavy atom. The molecule has 2 amide bonds. The molecule has 0 fully saturated rings. The Labute approximate surface area is 296 Å². The molecule has 0 aliphatic heterocycles. The molecule has 2 N–H and O–H groups in total. The molecule has 0 aromatic heterocycles. The Morgan fingerprint density at radius 3 is 1.51 bits per heavy atom. The smallest absolute Gasteiger partial charge is 0.344 e. The van der Waals surface area contributed by atoms with Crippen LogP contribution in [0.25, 0.3) is 0 Å². The first-order chi connectivity index (χ1) is 23.5. The van der Waals surface area contributed by atoms with Gasteiger partial charge in [0.15, 0.2) is 13.2 Å². The lowest BCUT2D eigenvalue weighted by Crippen LogP contribution is -2.32. The number of amides is 2. The lowest BCUT2D eigenvalue weighted by molar-refractivity contribution is -0.147. The number of carbonyl (C=O) groups is 6. The van der Waals surface area contributed by atoms with Crippen LogP contribution in [0.4, 0.5) is 11.4 Å². The van der Waals surface area contributed by atoms with Crippen LogP contribution in [-0.2, 0) is 38.1 Å². The van der Waals surface area contributed by atoms with E-state index < -0.39 is 54.8 Å². The van der Waals surface area contributed by atoms with Crippen LogP contribution >= 0.6 is 23.2 Å². The molecule has 49 heavy (non-hydrogen) atoms. The van der Waals surface area contributed by atoms with Crippen LogP contribution in [0.5, 0.6) is 0 Å². The van der Waals surface area contributed by atoms with Gasteiger partial charge in [-0.05, 0) is 49.7 Å². The van der Waals surface area contributed by atoms with Crippen molar-refractivity contribution in [3.8, 4) is 0 Å². The second-order valence-electron chi connectivity index (χ2n) is 11.2. The molecule has 268 valence electrons. The van der Waals surface area contributed by atoms with Gasteiger partial charge in [0.1, 0.15) is 5.92 Å². The van der Waals surface area contributed by atoms with E-state index in [1.807, 2.05) is 0 Å². The van der Waals surface area contributed by atoms with E-state index in [-0.39, 0.29) is 39.2 Å². The van der Waals surface area contributed by atoms with Crippen molar-refractivity contribution >= 4 is 70.3 Å². The minimum absolute atomic E-state index is 0.00183. The molecular formula is C35H44Cl2N2O10. The number of halogens is 2. The van der Waals surface area contributed by atoms with Crippen molar-refractivity contribution in [1.29, 1.82) is 0 Å². The Bertz CT molecular complexity index is 1450. The summed E-state index contributed by atoms with van der Waals surface area (Å²) in [5.74, 6) is -5.97. The standard InChI is InChI=1S/C35H44Cl2N2O10/c1-4-5-6-7-8-9-10-11-12-13-18-47-31(41)22-49-35(45)25-15-17-27(37)29(20-25)39-33(43)23(2)32(42)38-28-19-24(14-16-26(28)36)34(44)48-21-30(40)46-3/h14-17,19-20,23H,4-13,18,21-22H2,1-3H3,(H,38,42)(H,39,43). The summed E-state index contributed by atoms with van der Waals surface area (Å²) in [4.78, 5) is 73.9. The van der Waals surface area contributed by atoms with Gasteiger partial charge in [-0.15, -0.1) is 0 Å². The molecule has 1 unspecified atom stereocenters. The third kappa shape index (κ3) is 15.3. The maximum Gasteiger partial charge on any atom is 0.344 e. The molecule has 2 aromatic rings. The molecule has 0 heterocycles. The average molecular weight is 724 g/mol. The van der Waals surface area contributed by atoms with Gasteiger partial charge in [-0.3, -0.25) is 9.59 Å². The summed E-state index contributed by atoms with van der Waals surface area (Å²) in [5, 5.41) is 5.12. The van der Waals surface area contributed by atoms with Crippen LogP contribution in [0.1, 0.15) is 98.8 Å². The maximum absolute atomic E-state index is 12.9. The highest BCUT2D eigenvalue weighted by Gasteiger charge is 2.24. The van der Waals surface area contributed by atoms with E-state index in [9.17, 15) is 28.8 Å². The lowest BCUT2D eigenvalue weighted by Gasteiger charge is -2.15. The van der Waals surface area contributed by atoms with E-state index in [0.717, 1.165) is 32.8 Å². The van der Waals surface area contributed by atoms with E-state index in [4.69, 9.17) is 37.4 Å².